The number of hydrogen-bond donors (Lipinski definition) is 0. The third-order valence-corrected chi connectivity index (χ3v) is 8.91. The molecule has 1 atom stereocenters. The summed E-state index contributed by atoms with van der Waals surface area (Å²) in [4.78, 5) is 29.5. The Bertz CT molecular complexity index is 1850. The summed E-state index contributed by atoms with van der Waals surface area (Å²) in [6, 6.07) is 20.0. The van der Waals surface area contributed by atoms with E-state index < -0.39 is 5.60 Å². The van der Waals surface area contributed by atoms with Crippen molar-refractivity contribution in [1.29, 1.82) is 0 Å². The maximum absolute atomic E-state index is 12.8. The Labute approximate surface area is 269 Å². The molecule has 3 aromatic heterocycles. The van der Waals surface area contributed by atoms with Crippen LogP contribution in [0.5, 0.6) is 5.88 Å². The molecule has 0 N–H and O–H groups in total. The van der Waals surface area contributed by atoms with E-state index in [1.807, 2.05) is 69.6 Å². The van der Waals surface area contributed by atoms with Crippen LogP contribution in [0.1, 0.15) is 73.4 Å². The molecule has 0 saturated carbocycles. The third-order valence-electron chi connectivity index (χ3n) is 8.91. The molecule has 2 aromatic carbocycles. The molecule has 7 rings (SSSR count). The van der Waals surface area contributed by atoms with Crippen LogP contribution >= 0.6 is 0 Å². The Kier molecular flexibility index (Phi) is 8.44. The SMILES string of the molecule is CC(C)(C)OC(=O)c1ccc2nc(CN3CCC(c4cccc(OCc5cccc6ccncc56)n4)CC3)n(CC3CCO3)c2c1. The fourth-order valence-corrected chi connectivity index (χ4v) is 6.37. The van der Waals surface area contributed by atoms with Crippen LogP contribution in [0, 0.1) is 0 Å². The van der Waals surface area contributed by atoms with Crippen molar-refractivity contribution in [2.24, 2.45) is 0 Å². The number of imidazole rings is 1. The molecule has 46 heavy (non-hydrogen) atoms. The number of likely N-dealkylation sites (tertiary alicyclic amines) is 1. The fraction of sp³-hybridized carbons (Fsp3) is 0.405. The lowest BCUT2D eigenvalue weighted by Gasteiger charge is -2.32. The van der Waals surface area contributed by atoms with Gasteiger partial charge in [0.15, 0.2) is 0 Å². The number of rotatable bonds is 9. The average molecular weight is 620 g/mol. The predicted octanol–water partition coefficient (Wildman–Crippen LogP) is 6.68. The van der Waals surface area contributed by atoms with Crippen LogP contribution in [0.2, 0.25) is 0 Å². The highest BCUT2D eigenvalue weighted by molar-refractivity contribution is 5.94. The summed E-state index contributed by atoms with van der Waals surface area (Å²) in [5, 5.41) is 2.26. The summed E-state index contributed by atoms with van der Waals surface area (Å²) in [5.74, 6) is 1.71. The van der Waals surface area contributed by atoms with Gasteiger partial charge in [0.2, 0.25) is 5.88 Å². The molecular formula is C37H41N5O4. The van der Waals surface area contributed by atoms with E-state index in [9.17, 15) is 4.79 Å². The number of nitrogens with zero attached hydrogens (tertiary/aromatic N) is 5. The van der Waals surface area contributed by atoms with Crippen molar-refractivity contribution in [2.75, 3.05) is 19.7 Å². The number of pyridine rings is 2. The topological polar surface area (TPSA) is 91.6 Å². The molecule has 2 fully saturated rings. The van der Waals surface area contributed by atoms with Gasteiger partial charge in [-0.15, -0.1) is 0 Å². The monoisotopic (exact) mass is 619 g/mol. The Balaban J connectivity index is 1.02. The van der Waals surface area contributed by atoms with Gasteiger partial charge in [-0.3, -0.25) is 9.88 Å². The number of fused-ring (bicyclic) bond motifs is 2. The molecule has 0 bridgehead atoms. The molecule has 5 heterocycles. The highest BCUT2D eigenvalue weighted by Crippen LogP contribution is 2.30. The Morgan fingerprint density at radius 3 is 2.61 bits per heavy atom. The van der Waals surface area contributed by atoms with Gasteiger partial charge in [-0.2, -0.15) is 0 Å². The van der Waals surface area contributed by atoms with Gasteiger partial charge in [-0.25, -0.2) is 14.8 Å². The standard InChI is InChI=1S/C37H41N5O4/c1-37(2,3)46-36(43)27-10-11-32-33(20-27)42(22-29-15-19-44-29)34(39-32)23-41-17-13-26(14-18-41)31-8-5-9-35(40-31)45-24-28-7-4-6-25-12-16-38-21-30(25)28/h4-12,16,20-21,26,29H,13-15,17-19,22-24H2,1-3H3. The molecule has 0 aliphatic carbocycles. The summed E-state index contributed by atoms with van der Waals surface area (Å²) < 4.78 is 19.9. The lowest BCUT2D eigenvalue weighted by Crippen LogP contribution is -2.35. The highest BCUT2D eigenvalue weighted by Gasteiger charge is 2.27. The molecule has 9 nitrogen and oxygen atoms in total. The van der Waals surface area contributed by atoms with Gasteiger partial charge in [-0.1, -0.05) is 24.3 Å². The van der Waals surface area contributed by atoms with Crippen molar-refractivity contribution in [3.8, 4) is 5.88 Å². The third kappa shape index (κ3) is 6.76. The minimum Gasteiger partial charge on any atom is -0.473 e. The van der Waals surface area contributed by atoms with Crippen LogP contribution in [0.4, 0.5) is 0 Å². The smallest absolute Gasteiger partial charge is 0.338 e. The largest absolute Gasteiger partial charge is 0.473 e. The van der Waals surface area contributed by atoms with Crippen molar-refractivity contribution in [2.45, 2.75) is 77.4 Å². The van der Waals surface area contributed by atoms with E-state index in [0.717, 1.165) is 90.9 Å². The van der Waals surface area contributed by atoms with Gasteiger partial charge < -0.3 is 18.8 Å². The second-order valence-electron chi connectivity index (χ2n) is 13.4. The number of ether oxygens (including phenoxy) is 3. The lowest BCUT2D eigenvalue weighted by atomic mass is 9.93. The van der Waals surface area contributed by atoms with Crippen molar-refractivity contribution in [1.82, 2.24) is 24.4 Å². The number of carbonyl (C=O) groups excluding carboxylic acids is 1. The maximum Gasteiger partial charge on any atom is 0.338 e. The first kappa shape index (κ1) is 30.3. The van der Waals surface area contributed by atoms with E-state index in [0.29, 0.717) is 24.0 Å². The molecule has 2 saturated heterocycles. The number of aromatic nitrogens is 4. The molecule has 0 spiro atoms. The minimum atomic E-state index is -0.553. The summed E-state index contributed by atoms with van der Waals surface area (Å²) in [5.41, 5.74) is 4.01. The average Bonchev–Trinajstić information content (AvgIpc) is 3.37. The Hall–Kier alpha value is -4.34. The molecule has 0 amide bonds. The Morgan fingerprint density at radius 2 is 1.83 bits per heavy atom. The van der Waals surface area contributed by atoms with Crippen molar-refractivity contribution in [3.05, 3.63) is 95.7 Å². The fourth-order valence-electron chi connectivity index (χ4n) is 6.37. The number of hydrogen-bond acceptors (Lipinski definition) is 8. The summed E-state index contributed by atoms with van der Waals surface area (Å²) >= 11 is 0. The van der Waals surface area contributed by atoms with Gasteiger partial charge in [0.05, 0.1) is 35.8 Å². The van der Waals surface area contributed by atoms with E-state index in [2.05, 4.69) is 38.7 Å². The number of piperidine rings is 1. The number of benzene rings is 2. The normalized spacial score (nSPS) is 17.7. The molecular weight excluding hydrogens is 578 g/mol. The molecule has 2 aliphatic heterocycles. The van der Waals surface area contributed by atoms with Crippen LogP contribution in [-0.4, -0.2) is 61.8 Å². The lowest BCUT2D eigenvalue weighted by molar-refractivity contribution is -0.0592. The van der Waals surface area contributed by atoms with Gasteiger partial charge in [0.1, 0.15) is 18.0 Å². The van der Waals surface area contributed by atoms with Crippen LogP contribution in [0.25, 0.3) is 21.8 Å². The highest BCUT2D eigenvalue weighted by atomic mass is 16.6. The second kappa shape index (κ2) is 12.8. The van der Waals surface area contributed by atoms with E-state index in [4.69, 9.17) is 24.2 Å². The summed E-state index contributed by atoms with van der Waals surface area (Å²) in [6.07, 6.45) is 6.94. The van der Waals surface area contributed by atoms with E-state index >= 15 is 0 Å². The zero-order valence-electron chi connectivity index (χ0n) is 26.8. The van der Waals surface area contributed by atoms with Crippen LogP contribution in [-0.2, 0) is 29.2 Å². The zero-order chi connectivity index (χ0) is 31.7. The van der Waals surface area contributed by atoms with Crippen molar-refractivity contribution < 1.29 is 19.0 Å². The molecule has 2 aliphatic rings. The number of esters is 1. The summed E-state index contributed by atoms with van der Waals surface area (Å²) in [7, 11) is 0. The number of carbonyl (C=O) groups is 1. The maximum atomic E-state index is 12.8. The molecule has 1 unspecified atom stereocenters. The molecule has 5 aromatic rings. The molecule has 9 heteroatoms. The zero-order valence-corrected chi connectivity index (χ0v) is 26.8. The van der Waals surface area contributed by atoms with E-state index in [-0.39, 0.29) is 12.1 Å². The van der Waals surface area contributed by atoms with Gasteiger partial charge >= 0.3 is 5.97 Å². The van der Waals surface area contributed by atoms with Crippen LogP contribution in [0.3, 0.4) is 0 Å². The van der Waals surface area contributed by atoms with Gasteiger partial charge in [0.25, 0.3) is 0 Å². The Morgan fingerprint density at radius 1 is 1.00 bits per heavy atom. The van der Waals surface area contributed by atoms with Gasteiger partial charge in [-0.05, 0) is 94.4 Å². The van der Waals surface area contributed by atoms with Crippen molar-refractivity contribution in [3.63, 3.8) is 0 Å². The van der Waals surface area contributed by atoms with E-state index in [1.165, 1.54) is 0 Å². The predicted molar refractivity (Wildman–Crippen MR) is 177 cm³/mol. The van der Waals surface area contributed by atoms with E-state index in [1.54, 1.807) is 0 Å². The minimum absolute atomic E-state index is 0.171. The van der Waals surface area contributed by atoms with Crippen molar-refractivity contribution >= 4 is 27.8 Å². The quantitative estimate of drug-likeness (QED) is 0.169. The first-order chi connectivity index (χ1) is 22.3. The first-order valence-corrected chi connectivity index (χ1v) is 16.3. The van der Waals surface area contributed by atoms with Gasteiger partial charge in [0, 0.05) is 42.1 Å². The second-order valence-corrected chi connectivity index (χ2v) is 13.4. The molecule has 0 radical (unpaired) electrons. The van der Waals surface area contributed by atoms with Crippen LogP contribution < -0.4 is 4.74 Å². The summed E-state index contributed by atoms with van der Waals surface area (Å²) in [6.45, 7) is 10.3. The van der Waals surface area contributed by atoms with Crippen LogP contribution in [0.15, 0.2) is 73.1 Å². The molecule has 238 valence electrons. The first-order valence-electron chi connectivity index (χ1n) is 16.3.